The zero-order chi connectivity index (χ0) is 16.6. The van der Waals surface area contributed by atoms with Gasteiger partial charge in [0, 0.05) is 44.6 Å². The second-order valence-corrected chi connectivity index (χ2v) is 6.32. The monoisotopic (exact) mass is 325 g/mol. The van der Waals surface area contributed by atoms with Gasteiger partial charge in [-0.05, 0) is 44.3 Å². The first kappa shape index (κ1) is 16.7. The Kier molecular flexibility index (Phi) is 6.04. The number of nitrogens with zero attached hydrogens (tertiary/aromatic N) is 3. The molecule has 0 bridgehead atoms. The van der Waals surface area contributed by atoms with E-state index >= 15 is 0 Å². The molecule has 0 amide bonds. The van der Waals surface area contributed by atoms with E-state index in [1.165, 1.54) is 26.2 Å². The molecule has 128 valence electrons. The maximum absolute atomic E-state index is 4.46. The van der Waals surface area contributed by atoms with Gasteiger partial charge in [0.15, 0.2) is 5.82 Å². The van der Waals surface area contributed by atoms with Gasteiger partial charge in [-0.25, -0.2) is 4.98 Å². The van der Waals surface area contributed by atoms with Crippen molar-refractivity contribution in [1.82, 2.24) is 14.8 Å². The molecule has 1 aliphatic rings. The van der Waals surface area contributed by atoms with Gasteiger partial charge in [0.1, 0.15) is 0 Å². The maximum Gasteiger partial charge on any atom is 0.153 e. The SMILES string of the molecule is CN1CCN(CCCNc2cccnc2Nc2ccccc2)CC1. The first-order chi connectivity index (χ1) is 11.8. The quantitative estimate of drug-likeness (QED) is 0.766. The molecule has 5 nitrogen and oxygen atoms in total. The summed E-state index contributed by atoms with van der Waals surface area (Å²) in [6.45, 7) is 6.85. The zero-order valence-electron chi connectivity index (χ0n) is 14.4. The number of hydrogen-bond donors (Lipinski definition) is 2. The van der Waals surface area contributed by atoms with E-state index in [1.54, 1.807) is 0 Å². The molecule has 24 heavy (non-hydrogen) atoms. The van der Waals surface area contributed by atoms with Crippen LogP contribution in [-0.4, -0.2) is 61.1 Å². The molecule has 0 saturated carbocycles. The topological polar surface area (TPSA) is 43.4 Å². The zero-order valence-corrected chi connectivity index (χ0v) is 14.4. The highest BCUT2D eigenvalue weighted by atomic mass is 15.2. The Labute approximate surface area is 144 Å². The minimum absolute atomic E-state index is 0.878. The summed E-state index contributed by atoms with van der Waals surface area (Å²) in [5.74, 6) is 0.878. The van der Waals surface area contributed by atoms with E-state index in [0.717, 1.165) is 36.7 Å². The Morgan fingerprint density at radius 2 is 1.79 bits per heavy atom. The number of benzene rings is 1. The van der Waals surface area contributed by atoms with Gasteiger partial charge in [-0.1, -0.05) is 18.2 Å². The van der Waals surface area contributed by atoms with Crippen molar-refractivity contribution in [2.45, 2.75) is 6.42 Å². The number of nitrogens with one attached hydrogen (secondary N) is 2. The molecule has 2 heterocycles. The Morgan fingerprint density at radius 3 is 2.58 bits per heavy atom. The molecular formula is C19H27N5. The predicted octanol–water partition coefficient (Wildman–Crippen LogP) is 2.87. The molecule has 1 saturated heterocycles. The summed E-state index contributed by atoms with van der Waals surface area (Å²) in [4.78, 5) is 9.41. The molecular weight excluding hydrogens is 298 g/mol. The summed E-state index contributed by atoms with van der Waals surface area (Å²) in [7, 11) is 2.20. The van der Waals surface area contributed by atoms with Crippen molar-refractivity contribution < 1.29 is 0 Å². The van der Waals surface area contributed by atoms with Crippen LogP contribution in [0.1, 0.15) is 6.42 Å². The average molecular weight is 325 g/mol. The maximum atomic E-state index is 4.46. The largest absolute Gasteiger partial charge is 0.382 e. The molecule has 1 aromatic carbocycles. The van der Waals surface area contributed by atoms with Gasteiger partial charge in [0.05, 0.1) is 5.69 Å². The highest BCUT2D eigenvalue weighted by Crippen LogP contribution is 2.22. The number of rotatable bonds is 7. The van der Waals surface area contributed by atoms with Crippen LogP contribution >= 0.6 is 0 Å². The van der Waals surface area contributed by atoms with Crippen molar-refractivity contribution in [2.75, 3.05) is 56.9 Å². The van der Waals surface area contributed by atoms with Crippen molar-refractivity contribution in [1.29, 1.82) is 0 Å². The van der Waals surface area contributed by atoms with Crippen LogP contribution in [0.15, 0.2) is 48.7 Å². The minimum Gasteiger partial charge on any atom is -0.382 e. The first-order valence-electron chi connectivity index (χ1n) is 8.73. The van der Waals surface area contributed by atoms with Crippen LogP contribution in [0.2, 0.25) is 0 Å². The average Bonchev–Trinajstić information content (AvgIpc) is 2.62. The van der Waals surface area contributed by atoms with E-state index in [-0.39, 0.29) is 0 Å². The summed E-state index contributed by atoms with van der Waals surface area (Å²) in [5.41, 5.74) is 2.11. The van der Waals surface area contributed by atoms with Crippen LogP contribution < -0.4 is 10.6 Å². The van der Waals surface area contributed by atoms with Gasteiger partial charge in [0.2, 0.25) is 0 Å². The molecule has 0 aliphatic carbocycles. The van der Waals surface area contributed by atoms with Crippen LogP contribution in [0, 0.1) is 0 Å². The number of aromatic nitrogens is 1. The second-order valence-electron chi connectivity index (χ2n) is 6.32. The molecule has 0 radical (unpaired) electrons. The third-order valence-electron chi connectivity index (χ3n) is 4.41. The van der Waals surface area contributed by atoms with E-state index in [2.05, 4.69) is 38.5 Å². The molecule has 1 aromatic heterocycles. The standard InChI is InChI=1S/C19H27N5/c1-23-13-15-24(16-14-23)12-6-11-20-18-9-5-10-21-19(18)22-17-7-3-2-4-8-17/h2-5,7-10,20H,6,11-16H2,1H3,(H,21,22). The smallest absolute Gasteiger partial charge is 0.153 e. The van der Waals surface area contributed by atoms with Crippen LogP contribution in [0.4, 0.5) is 17.2 Å². The predicted molar refractivity (Wildman–Crippen MR) is 101 cm³/mol. The summed E-state index contributed by atoms with van der Waals surface area (Å²) < 4.78 is 0. The number of para-hydroxylation sites is 1. The van der Waals surface area contributed by atoms with Crippen molar-refractivity contribution >= 4 is 17.2 Å². The number of anilines is 3. The van der Waals surface area contributed by atoms with Crippen LogP contribution in [-0.2, 0) is 0 Å². The lowest BCUT2D eigenvalue weighted by atomic mass is 10.3. The summed E-state index contributed by atoms with van der Waals surface area (Å²) in [6, 6.07) is 14.2. The van der Waals surface area contributed by atoms with Gasteiger partial charge < -0.3 is 20.4 Å². The van der Waals surface area contributed by atoms with Crippen LogP contribution in [0.3, 0.4) is 0 Å². The molecule has 3 rings (SSSR count). The molecule has 1 fully saturated rings. The lowest BCUT2D eigenvalue weighted by Gasteiger charge is -2.32. The molecule has 0 atom stereocenters. The lowest BCUT2D eigenvalue weighted by molar-refractivity contribution is 0.154. The molecule has 2 aromatic rings. The lowest BCUT2D eigenvalue weighted by Crippen LogP contribution is -2.44. The van der Waals surface area contributed by atoms with E-state index in [0.29, 0.717) is 0 Å². The molecule has 1 aliphatic heterocycles. The number of pyridine rings is 1. The van der Waals surface area contributed by atoms with Gasteiger partial charge in [-0.3, -0.25) is 0 Å². The number of likely N-dealkylation sites (N-methyl/N-ethyl adjacent to an activating group) is 1. The number of hydrogen-bond acceptors (Lipinski definition) is 5. The summed E-state index contributed by atoms with van der Waals surface area (Å²) >= 11 is 0. The molecule has 0 spiro atoms. The normalized spacial score (nSPS) is 16.0. The molecule has 0 unspecified atom stereocenters. The van der Waals surface area contributed by atoms with E-state index in [4.69, 9.17) is 0 Å². The van der Waals surface area contributed by atoms with Crippen LogP contribution in [0.25, 0.3) is 0 Å². The third-order valence-corrected chi connectivity index (χ3v) is 4.41. The van der Waals surface area contributed by atoms with Gasteiger partial charge in [-0.15, -0.1) is 0 Å². The Hall–Kier alpha value is -2.11. The van der Waals surface area contributed by atoms with Crippen molar-refractivity contribution in [3.8, 4) is 0 Å². The van der Waals surface area contributed by atoms with Gasteiger partial charge in [0.25, 0.3) is 0 Å². The molecule has 5 heteroatoms. The van der Waals surface area contributed by atoms with Crippen LogP contribution in [0.5, 0.6) is 0 Å². The van der Waals surface area contributed by atoms with Crippen molar-refractivity contribution in [2.24, 2.45) is 0 Å². The minimum atomic E-state index is 0.878. The van der Waals surface area contributed by atoms with Gasteiger partial charge >= 0.3 is 0 Å². The third kappa shape index (κ3) is 4.94. The highest BCUT2D eigenvalue weighted by Gasteiger charge is 2.12. The van der Waals surface area contributed by atoms with Crippen molar-refractivity contribution in [3.63, 3.8) is 0 Å². The van der Waals surface area contributed by atoms with E-state index < -0.39 is 0 Å². The summed E-state index contributed by atoms with van der Waals surface area (Å²) in [5, 5.41) is 6.90. The molecule has 2 N–H and O–H groups in total. The highest BCUT2D eigenvalue weighted by molar-refractivity contribution is 5.70. The van der Waals surface area contributed by atoms with E-state index in [1.807, 2.05) is 42.6 Å². The number of piperazine rings is 1. The van der Waals surface area contributed by atoms with E-state index in [9.17, 15) is 0 Å². The fraction of sp³-hybridized carbons (Fsp3) is 0.421. The summed E-state index contributed by atoms with van der Waals surface area (Å²) in [6.07, 6.45) is 2.96. The second kappa shape index (κ2) is 8.66. The Morgan fingerprint density at radius 1 is 1.00 bits per heavy atom. The fourth-order valence-electron chi connectivity index (χ4n) is 2.90. The first-order valence-corrected chi connectivity index (χ1v) is 8.73. The fourth-order valence-corrected chi connectivity index (χ4v) is 2.90. The van der Waals surface area contributed by atoms with Gasteiger partial charge in [-0.2, -0.15) is 0 Å². The Bertz CT molecular complexity index is 608. The Balaban J connectivity index is 1.47. The van der Waals surface area contributed by atoms with Crippen molar-refractivity contribution in [3.05, 3.63) is 48.7 Å².